The molecule has 0 aliphatic rings. The van der Waals surface area contributed by atoms with Crippen LogP contribution in [-0.2, 0) is 4.79 Å². The largest absolute Gasteiger partial charge is 0.480 e. The number of carboxylic acids is 2. The van der Waals surface area contributed by atoms with Crippen molar-refractivity contribution in [1.82, 2.24) is 9.97 Å². The number of H-pyrrole nitrogens is 1. The lowest BCUT2D eigenvalue weighted by Crippen LogP contribution is -2.21. The Morgan fingerprint density at radius 3 is 2.53 bits per heavy atom. The highest BCUT2D eigenvalue weighted by molar-refractivity contribution is 8.00. The van der Waals surface area contributed by atoms with Crippen LogP contribution in [0.1, 0.15) is 35.8 Å². The molecular weight excluding hydrogens is 272 g/mol. The molecule has 1 rings (SSSR count). The molecule has 8 heteroatoms. The van der Waals surface area contributed by atoms with Crippen LogP contribution in [-0.4, -0.2) is 37.4 Å². The highest BCUT2D eigenvalue weighted by atomic mass is 32.2. The number of carboxylic acid groups (broad SMARTS) is 2. The maximum absolute atomic E-state index is 11.3. The minimum absolute atomic E-state index is 0.0606. The number of aromatic nitrogens is 2. The van der Waals surface area contributed by atoms with Crippen LogP contribution >= 0.6 is 11.8 Å². The van der Waals surface area contributed by atoms with Gasteiger partial charge in [-0.25, -0.2) is 9.59 Å². The Hall–Kier alpha value is -1.83. The molecule has 1 unspecified atom stereocenters. The summed E-state index contributed by atoms with van der Waals surface area (Å²) < 4.78 is 0. The molecule has 0 bridgehead atoms. The fraction of sp³-hybridized carbons (Fsp3) is 0.455. The zero-order valence-electron chi connectivity index (χ0n) is 10.5. The van der Waals surface area contributed by atoms with E-state index in [9.17, 15) is 14.4 Å². The van der Waals surface area contributed by atoms with Crippen molar-refractivity contribution >= 4 is 23.7 Å². The smallest absolute Gasteiger partial charge is 0.346 e. The van der Waals surface area contributed by atoms with Gasteiger partial charge in [0, 0.05) is 5.69 Å². The van der Waals surface area contributed by atoms with Gasteiger partial charge < -0.3 is 15.2 Å². The number of aryl methyl sites for hydroxylation is 1. The summed E-state index contributed by atoms with van der Waals surface area (Å²) in [5.74, 6) is -2.30. The molecule has 1 heterocycles. The van der Waals surface area contributed by atoms with Gasteiger partial charge in [0.25, 0.3) is 0 Å². The minimum atomic E-state index is -1.25. The third-order valence-corrected chi connectivity index (χ3v) is 3.62. The number of nitrogens with zero attached hydrogens (tertiary/aromatic N) is 1. The standard InChI is InChI=1S/C11H14N2O5S/c1-3-4-6(9(14)15)19-8-7(10(16)17)5(2)12-11(18)13-8/h6H,3-4H2,1-2H3,(H,14,15)(H,16,17)(H,12,13,18). The molecule has 1 atom stereocenters. The first kappa shape index (κ1) is 15.2. The van der Waals surface area contributed by atoms with E-state index in [-0.39, 0.29) is 16.3 Å². The second-order valence-corrected chi connectivity index (χ2v) is 5.08. The van der Waals surface area contributed by atoms with Gasteiger partial charge in [-0.3, -0.25) is 4.79 Å². The van der Waals surface area contributed by atoms with Crippen LogP contribution in [0.4, 0.5) is 0 Å². The van der Waals surface area contributed by atoms with Crippen molar-refractivity contribution in [3.8, 4) is 0 Å². The van der Waals surface area contributed by atoms with E-state index >= 15 is 0 Å². The third kappa shape index (κ3) is 3.82. The molecule has 19 heavy (non-hydrogen) atoms. The molecule has 0 aromatic carbocycles. The molecule has 3 N–H and O–H groups in total. The summed E-state index contributed by atoms with van der Waals surface area (Å²) >= 11 is 0.793. The number of rotatable bonds is 6. The molecule has 7 nitrogen and oxygen atoms in total. The monoisotopic (exact) mass is 286 g/mol. The van der Waals surface area contributed by atoms with Crippen LogP contribution in [0.2, 0.25) is 0 Å². The third-order valence-electron chi connectivity index (χ3n) is 2.38. The predicted octanol–water partition coefficient (Wildman–Crippen LogP) is 1.12. The maximum atomic E-state index is 11.3. The summed E-state index contributed by atoms with van der Waals surface area (Å²) in [4.78, 5) is 39.3. The number of thioether (sulfide) groups is 1. The average molecular weight is 286 g/mol. The number of aromatic carboxylic acids is 1. The molecule has 1 aromatic rings. The molecule has 0 amide bonds. The van der Waals surface area contributed by atoms with Gasteiger partial charge in [0.2, 0.25) is 0 Å². The molecule has 0 spiro atoms. The summed E-state index contributed by atoms with van der Waals surface area (Å²) in [6.45, 7) is 3.26. The van der Waals surface area contributed by atoms with Gasteiger partial charge in [-0.2, -0.15) is 4.98 Å². The van der Waals surface area contributed by atoms with E-state index in [4.69, 9.17) is 10.2 Å². The van der Waals surface area contributed by atoms with Gasteiger partial charge in [-0.15, -0.1) is 0 Å². The normalized spacial score (nSPS) is 12.1. The number of hydrogen-bond acceptors (Lipinski definition) is 5. The Morgan fingerprint density at radius 1 is 1.42 bits per heavy atom. The van der Waals surface area contributed by atoms with Gasteiger partial charge in [0.15, 0.2) is 0 Å². The van der Waals surface area contributed by atoms with E-state index in [0.717, 1.165) is 11.8 Å². The minimum Gasteiger partial charge on any atom is -0.480 e. The van der Waals surface area contributed by atoms with Crippen LogP contribution in [0.5, 0.6) is 0 Å². The molecular formula is C11H14N2O5S. The topological polar surface area (TPSA) is 120 Å². The molecule has 1 aromatic heterocycles. The lowest BCUT2D eigenvalue weighted by Gasteiger charge is -2.12. The Kier molecular flexibility index (Phi) is 5.11. The van der Waals surface area contributed by atoms with Crippen LogP contribution < -0.4 is 5.69 Å². The van der Waals surface area contributed by atoms with Crippen molar-refractivity contribution in [2.75, 3.05) is 0 Å². The van der Waals surface area contributed by atoms with E-state index in [2.05, 4.69) is 9.97 Å². The lowest BCUT2D eigenvalue weighted by atomic mass is 10.2. The van der Waals surface area contributed by atoms with Crippen molar-refractivity contribution in [1.29, 1.82) is 0 Å². The number of hydrogen-bond donors (Lipinski definition) is 3. The molecule has 0 aliphatic carbocycles. The highest BCUT2D eigenvalue weighted by Crippen LogP contribution is 2.28. The molecule has 0 fully saturated rings. The summed E-state index contributed by atoms with van der Waals surface area (Å²) in [5, 5.41) is 17.3. The van der Waals surface area contributed by atoms with E-state index in [1.54, 1.807) is 0 Å². The maximum Gasteiger partial charge on any atom is 0.346 e. The zero-order valence-corrected chi connectivity index (χ0v) is 11.3. The highest BCUT2D eigenvalue weighted by Gasteiger charge is 2.24. The Bertz CT molecular complexity index is 555. The fourth-order valence-electron chi connectivity index (χ4n) is 1.53. The van der Waals surface area contributed by atoms with Crippen molar-refractivity contribution in [3.05, 3.63) is 21.7 Å². The molecule has 0 aliphatic heterocycles. The summed E-state index contributed by atoms with van der Waals surface area (Å²) in [5.41, 5.74) is -0.687. The van der Waals surface area contributed by atoms with Gasteiger partial charge in [-0.1, -0.05) is 25.1 Å². The van der Waals surface area contributed by atoms with Crippen molar-refractivity contribution < 1.29 is 19.8 Å². The Balaban J connectivity index is 3.21. The average Bonchev–Trinajstić information content (AvgIpc) is 2.26. The quantitative estimate of drug-likeness (QED) is 0.529. The molecule has 0 radical (unpaired) electrons. The molecule has 0 saturated heterocycles. The SMILES string of the molecule is CCCC(Sc1nc(=O)[nH]c(C)c1C(=O)O)C(=O)O. The Labute approximate surface area is 113 Å². The van der Waals surface area contributed by atoms with Gasteiger partial charge >= 0.3 is 17.6 Å². The zero-order chi connectivity index (χ0) is 14.6. The molecule has 104 valence electrons. The second kappa shape index (κ2) is 6.37. The van der Waals surface area contributed by atoms with Crippen LogP contribution in [0.15, 0.2) is 9.82 Å². The first-order valence-electron chi connectivity index (χ1n) is 5.60. The first-order chi connectivity index (χ1) is 8.86. The van der Waals surface area contributed by atoms with Crippen molar-refractivity contribution in [3.63, 3.8) is 0 Å². The lowest BCUT2D eigenvalue weighted by molar-refractivity contribution is -0.136. The van der Waals surface area contributed by atoms with Gasteiger partial charge in [-0.05, 0) is 13.3 Å². The second-order valence-electron chi connectivity index (χ2n) is 3.89. The summed E-state index contributed by atoms with van der Waals surface area (Å²) in [7, 11) is 0. The van der Waals surface area contributed by atoms with E-state index in [1.165, 1.54) is 6.92 Å². The summed E-state index contributed by atoms with van der Waals surface area (Å²) in [6.07, 6.45) is 1.00. The number of aromatic amines is 1. The number of nitrogens with one attached hydrogen (secondary N) is 1. The van der Waals surface area contributed by atoms with E-state index in [1.807, 2.05) is 6.92 Å². The van der Waals surface area contributed by atoms with Crippen LogP contribution in [0, 0.1) is 6.92 Å². The van der Waals surface area contributed by atoms with Crippen LogP contribution in [0.3, 0.4) is 0 Å². The van der Waals surface area contributed by atoms with Gasteiger partial charge in [0.1, 0.15) is 15.8 Å². The predicted molar refractivity (Wildman–Crippen MR) is 68.7 cm³/mol. The van der Waals surface area contributed by atoms with Gasteiger partial charge in [0.05, 0.1) is 0 Å². The Morgan fingerprint density at radius 2 is 2.05 bits per heavy atom. The molecule has 0 saturated carbocycles. The van der Waals surface area contributed by atoms with E-state index < -0.39 is 22.9 Å². The van der Waals surface area contributed by atoms with E-state index in [0.29, 0.717) is 12.8 Å². The number of carbonyl (C=O) groups is 2. The van der Waals surface area contributed by atoms with Crippen molar-refractivity contribution in [2.24, 2.45) is 0 Å². The van der Waals surface area contributed by atoms with Crippen LogP contribution in [0.25, 0.3) is 0 Å². The first-order valence-corrected chi connectivity index (χ1v) is 6.48. The summed E-state index contributed by atoms with van der Waals surface area (Å²) in [6, 6.07) is 0. The van der Waals surface area contributed by atoms with Crippen molar-refractivity contribution in [2.45, 2.75) is 37.0 Å². The number of aliphatic carboxylic acids is 1. The fourth-order valence-corrected chi connectivity index (χ4v) is 2.74.